The molecule has 0 saturated carbocycles. The lowest BCUT2D eigenvalue weighted by molar-refractivity contribution is 0.151. The Morgan fingerprint density at radius 2 is 1.93 bits per heavy atom. The number of benzene rings is 2. The van der Waals surface area contributed by atoms with Gasteiger partial charge in [0.15, 0.2) is 0 Å². The second-order valence-corrected chi connectivity index (χ2v) is 8.05. The van der Waals surface area contributed by atoms with E-state index in [1.807, 2.05) is 6.07 Å². The average molecular weight is 418 g/mol. The topological polar surface area (TPSA) is 76.4 Å². The number of nitrogens with two attached hydrogens (primary N) is 1. The molecule has 7 heteroatoms. The van der Waals surface area contributed by atoms with E-state index in [-0.39, 0.29) is 11.6 Å². The lowest BCUT2D eigenvalue weighted by Gasteiger charge is -2.29. The second-order valence-electron chi connectivity index (χ2n) is 8.05. The van der Waals surface area contributed by atoms with Crippen LogP contribution in [0.1, 0.15) is 62.3 Å². The maximum absolute atomic E-state index is 12.8. The molecule has 2 aromatic rings. The maximum atomic E-state index is 12.8. The Bertz CT molecular complexity index is 869. The Morgan fingerprint density at radius 3 is 2.60 bits per heavy atom. The van der Waals surface area contributed by atoms with Crippen LogP contribution in [-0.4, -0.2) is 12.7 Å². The molecule has 2 aromatic carbocycles. The quantitative estimate of drug-likeness (QED) is 0.463. The Hall–Kier alpha value is -2.83. The standard InChI is InChI=1S/C23H29F2N3O2/c1-14(2)12-13-30-23(29)28-20-11-10-17-18(21(20)26)4-3-5-19(17)27-16-8-6-15(7-9-16)22(24)25/h6-11,14,19,22,27H,3-5,12-13,26H2,1-2H3,(H,28,29). The van der Waals surface area contributed by atoms with Crippen LogP contribution in [0.5, 0.6) is 0 Å². The van der Waals surface area contributed by atoms with Crippen molar-refractivity contribution >= 4 is 23.2 Å². The van der Waals surface area contributed by atoms with E-state index in [1.165, 1.54) is 12.1 Å². The Balaban J connectivity index is 1.70. The second kappa shape index (κ2) is 9.78. The van der Waals surface area contributed by atoms with Gasteiger partial charge in [-0.15, -0.1) is 0 Å². The molecule has 0 aliphatic heterocycles. The average Bonchev–Trinajstić information content (AvgIpc) is 2.70. The molecule has 3 rings (SSSR count). The highest BCUT2D eigenvalue weighted by Crippen LogP contribution is 2.38. The van der Waals surface area contributed by atoms with Crippen molar-refractivity contribution in [1.82, 2.24) is 0 Å². The monoisotopic (exact) mass is 417 g/mol. The number of carbonyl (C=O) groups is 1. The van der Waals surface area contributed by atoms with Crippen LogP contribution in [0.2, 0.25) is 0 Å². The first kappa shape index (κ1) is 21.9. The first-order valence-electron chi connectivity index (χ1n) is 10.3. The van der Waals surface area contributed by atoms with Gasteiger partial charge < -0.3 is 15.8 Å². The van der Waals surface area contributed by atoms with Crippen LogP contribution in [0.25, 0.3) is 0 Å². The number of fused-ring (bicyclic) bond motifs is 1. The summed E-state index contributed by atoms with van der Waals surface area (Å²) < 4.78 is 30.7. The van der Waals surface area contributed by atoms with Gasteiger partial charge in [-0.25, -0.2) is 13.6 Å². The lowest BCUT2D eigenvalue weighted by Crippen LogP contribution is -2.21. The highest BCUT2D eigenvalue weighted by atomic mass is 19.3. The lowest BCUT2D eigenvalue weighted by atomic mass is 9.86. The molecule has 4 N–H and O–H groups in total. The molecular weight excluding hydrogens is 388 g/mol. The molecule has 1 atom stereocenters. The highest BCUT2D eigenvalue weighted by molar-refractivity contribution is 5.90. The molecule has 0 heterocycles. The molecule has 1 amide bonds. The molecule has 30 heavy (non-hydrogen) atoms. The molecule has 5 nitrogen and oxygen atoms in total. The van der Waals surface area contributed by atoms with E-state index in [1.54, 1.807) is 18.2 Å². The van der Waals surface area contributed by atoms with Crippen molar-refractivity contribution in [2.75, 3.05) is 23.0 Å². The molecule has 1 aliphatic rings. The van der Waals surface area contributed by atoms with E-state index >= 15 is 0 Å². The molecule has 162 valence electrons. The van der Waals surface area contributed by atoms with Gasteiger partial charge in [0.2, 0.25) is 0 Å². The minimum Gasteiger partial charge on any atom is -0.449 e. The summed E-state index contributed by atoms with van der Waals surface area (Å²) in [6, 6.07) is 9.98. The molecule has 1 unspecified atom stereocenters. The van der Waals surface area contributed by atoms with Crippen LogP contribution in [0.4, 0.5) is 30.6 Å². The van der Waals surface area contributed by atoms with Gasteiger partial charge in [-0.05, 0) is 60.9 Å². The van der Waals surface area contributed by atoms with Gasteiger partial charge in [0.05, 0.1) is 24.0 Å². The number of anilines is 3. The molecule has 0 radical (unpaired) electrons. The number of carbonyl (C=O) groups excluding carboxylic acids is 1. The van der Waals surface area contributed by atoms with Crippen molar-refractivity contribution in [3.8, 4) is 0 Å². The minimum absolute atomic E-state index is 0.00448. The summed E-state index contributed by atoms with van der Waals surface area (Å²) in [5, 5.41) is 6.15. The van der Waals surface area contributed by atoms with Crippen molar-refractivity contribution in [3.63, 3.8) is 0 Å². The van der Waals surface area contributed by atoms with Crippen molar-refractivity contribution in [2.24, 2.45) is 5.92 Å². The Labute approximate surface area is 176 Å². The fourth-order valence-electron chi connectivity index (χ4n) is 3.64. The highest BCUT2D eigenvalue weighted by Gasteiger charge is 2.24. The van der Waals surface area contributed by atoms with Gasteiger partial charge in [0.1, 0.15) is 0 Å². The minimum atomic E-state index is -2.47. The van der Waals surface area contributed by atoms with Crippen LogP contribution in [0, 0.1) is 5.92 Å². The van der Waals surface area contributed by atoms with Gasteiger partial charge >= 0.3 is 6.09 Å². The number of halogens is 2. The summed E-state index contributed by atoms with van der Waals surface area (Å²) in [4.78, 5) is 12.0. The van der Waals surface area contributed by atoms with Crippen molar-refractivity contribution in [1.29, 1.82) is 0 Å². The number of ether oxygens (including phenoxy) is 1. The van der Waals surface area contributed by atoms with Gasteiger partial charge in [-0.3, -0.25) is 5.32 Å². The predicted molar refractivity (Wildman–Crippen MR) is 116 cm³/mol. The molecule has 0 aromatic heterocycles. The van der Waals surface area contributed by atoms with E-state index in [4.69, 9.17) is 10.5 Å². The zero-order valence-electron chi connectivity index (χ0n) is 17.4. The fraction of sp³-hybridized carbons (Fsp3) is 0.435. The predicted octanol–water partition coefficient (Wildman–Crippen LogP) is 6.29. The number of rotatable bonds is 7. The zero-order valence-corrected chi connectivity index (χ0v) is 17.4. The van der Waals surface area contributed by atoms with Crippen LogP contribution in [0.3, 0.4) is 0 Å². The third-order valence-electron chi connectivity index (χ3n) is 5.36. The molecular formula is C23H29F2N3O2. The number of alkyl halides is 2. The fourth-order valence-corrected chi connectivity index (χ4v) is 3.64. The third kappa shape index (κ3) is 5.40. The number of hydrogen-bond acceptors (Lipinski definition) is 4. The first-order chi connectivity index (χ1) is 14.3. The van der Waals surface area contributed by atoms with Gasteiger partial charge in [0, 0.05) is 11.3 Å². The summed E-state index contributed by atoms with van der Waals surface area (Å²) in [6.45, 7) is 4.51. The zero-order chi connectivity index (χ0) is 21.7. The number of nitrogens with one attached hydrogen (secondary N) is 2. The van der Waals surface area contributed by atoms with E-state index in [0.717, 1.165) is 42.5 Å². The van der Waals surface area contributed by atoms with Crippen molar-refractivity contribution < 1.29 is 18.3 Å². The Morgan fingerprint density at radius 1 is 1.20 bits per heavy atom. The van der Waals surface area contributed by atoms with Gasteiger partial charge in [-0.2, -0.15) is 0 Å². The van der Waals surface area contributed by atoms with Crippen LogP contribution in [0.15, 0.2) is 36.4 Å². The number of amides is 1. The molecule has 0 bridgehead atoms. The molecule has 0 saturated heterocycles. The van der Waals surface area contributed by atoms with Crippen molar-refractivity contribution in [2.45, 2.75) is 52.0 Å². The normalized spacial score (nSPS) is 15.7. The summed E-state index contributed by atoms with van der Waals surface area (Å²) in [5.41, 5.74) is 10.3. The van der Waals surface area contributed by atoms with Crippen molar-refractivity contribution in [3.05, 3.63) is 53.1 Å². The maximum Gasteiger partial charge on any atom is 0.411 e. The number of hydrogen-bond donors (Lipinski definition) is 3. The van der Waals surface area contributed by atoms with E-state index in [2.05, 4.69) is 24.5 Å². The Kier molecular flexibility index (Phi) is 7.13. The van der Waals surface area contributed by atoms with E-state index in [0.29, 0.717) is 23.9 Å². The summed E-state index contributed by atoms with van der Waals surface area (Å²) >= 11 is 0. The largest absolute Gasteiger partial charge is 0.449 e. The first-order valence-corrected chi connectivity index (χ1v) is 10.3. The third-order valence-corrected chi connectivity index (χ3v) is 5.36. The molecule has 1 aliphatic carbocycles. The smallest absolute Gasteiger partial charge is 0.411 e. The van der Waals surface area contributed by atoms with Crippen LogP contribution >= 0.6 is 0 Å². The summed E-state index contributed by atoms with van der Waals surface area (Å²) in [5.74, 6) is 0.461. The van der Waals surface area contributed by atoms with Gasteiger partial charge in [-0.1, -0.05) is 32.0 Å². The van der Waals surface area contributed by atoms with Gasteiger partial charge in [0.25, 0.3) is 6.43 Å². The van der Waals surface area contributed by atoms with Crippen LogP contribution < -0.4 is 16.4 Å². The molecule has 0 fully saturated rings. The summed E-state index contributed by atoms with van der Waals surface area (Å²) in [6.07, 6.45) is 0.490. The summed E-state index contributed by atoms with van der Waals surface area (Å²) in [7, 11) is 0. The van der Waals surface area contributed by atoms with Crippen LogP contribution in [-0.2, 0) is 11.2 Å². The van der Waals surface area contributed by atoms with E-state index in [9.17, 15) is 13.6 Å². The number of nitrogen functional groups attached to an aromatic ring is 1. The SMILES string of the molecule is CC(C)CCOC(=O)Nc1ccc2c(c1N)CCCC2Nc1ccc(C(F)F)cc1. The van der Waals surface area contributed by atoms with E-state index < -0.39 is 12.5 Å². The molecule has 0 spiro atoms.